The molecule has 1 aromatic heterocycles. The largest absolute Gasteiger partial charge is 0.312 e. The number of aromatic nitrogens is 2. The van der Waals surface area contributed by atoms with Crippen LogP contribution in [0.4, 0.5) is 0 Å². The van der Waals surface area contributed by atoms with Gasteiger partial charge in [-0.3, -0.25) is 9.58 Å². The van der Waals surface area contributed by atoms with Crippen LogP contribution in [0.5, 0.6) is 0 Å². The molecule has 3 unspecified atom stereocenters. The highest BCUT2D eigenvalue weighted by Crippen LogP contribution is 2.30. The van der Waals surface area contributed by atoms with E-state index >= 15 is 0 Å². The average Bonchev–Trinajstić information content (AvgIpc) is 2.90. The molecular weight excluding hydrogens is 260 g/mol. The Morgan fingerprint density at radius 1 is 1.38 bits per heavy atom. The lowest BCUT2D eigenvalue weighted by molar-refractivity contribution is 0.112. The minimum Gasteiger partial charge on any atom is -0.312 e. The van der Waals surface area contributed by atoms with Crippen LogP contribution in [0.1, 0.15) is 51.5 Å². The number of aryl methyl sites for hydroxylation is 1. The van der Waals surface area contributed by atoms with Crippen LogP contribution in [0.25, 0.3) is 0 Å². The summed E-state index contributed by atoms with van der Waals surface area (Å²) < 4.78 is 1.89. The van der Waals surface area contributed by atoms with Crippen LogP contribution >= 0.6 is 0 Å². The number of rotatable bonds is 7. The molecule has 0 aliphatic heterocycles. The second-order valence-corrected chi connectivity index (χ2v) is 6.65. The van der Waals surface area contributed by atoms with E-state index < -0.39 is 0 Å². The van der Waals surface area contributed by atoms with Crippen LogP contribution < -0.4 is 5.32 Å². The molecule has 0 radical (unpaired) electrons. The van der Waals surface area contributed by atoms with Crippen molar-refractivity contribution in [2.75, 3.05) is 13.6 Å². The van der Waals surface area contributed by atoms with Gasteiger partial charge < -0.3 is 5.32 Å². The van der Waals surface area contributed by atoms with Gasteiger partial charge in [-0.15, -0.1) is 0 Å². The number of hydrogen-bond donors (Lipinski definition) is 1. The molecule has 1 heterocycles. The third-order valence-electron chi connectivity index (χ3n) is 4.92. The average molecular weight is 292 g/mol. The summed E-state index contributed by atoms with van der Waals surface area (Å²) in [5.74, 6) is 0.894. The molecule has 1 N–H and O–H groups in total. The molecule has 1 aromatic rings. The van der Waals surface area contributed by atoms with Gasteiger partial charge in [0.05, 0.1) is 6.20 Å². The van der Waals surface area contributed by atoms with E-state index in [1.807, 2.05) is 17.9 Å². The zero-order valence-electron chi connectivity index (χ0n) is 14.2. The monoisotopic (exact) mass is 292 g/mol. The standard InChI is InChI=1S/C17H32N4/c1-5-9-18-16-8-7-14(6-2)10-17(16)20(3)12-15-11-19-21(4)13-15/h11,13-14,16-18H,5-10,12H2,1-4H3. The van der Waals surface area contributed by atoms with Crippen LogP contribution in [0.2, 0.25) is 0 Å². The molecule has 3 atom stereocenters. The summed E-state index contributed by atoms with van der Waals surface area (Å²) in [6.45, 7) is 6.72. The Morgan fingerprint density at radius 3 is 2.81 bits per heavy atom. The predicted molar refractivity (Wildman–Crippen MR) is 88.2 cm³/mol. The highest BCUT2D eigenvalue weighted by Gasteiger charge is 2.32. The molecule has 4 nitrogen and oxygen atoms in total. The lowest BCUT2D eigenvalue weighted by Gasteiger charge is -2.41. The molecule has 0 spiro atoms. The predicted octanol–water partition coefficient (Wildman–Crippen LogP) is 2.80. The van der Waals surface area contributed by atoms with Gasteiger partial charge in [0.15, 0.2) is 0 Å². The first-order valence-corrected chi connectivity index (χ1v) is 8.55. The molecule has 21 heavy (non-hydrogen) atoms. The van der Waals surface area contributed by atoms with Gasteiger partial charge in [0.2, 0.25) is 0 Å². The quantitative estimate of drug-likeness (QED) is 0.839. The SMILES string of the molecule is CCCNC1CCC(CC)CC1N(C)Cc1cnn(C)c1. The van der Waals surface area contributed by atoms with E-state index in [0.29, 0.717) is 12.1 Å². The van der Waals surface area contributed by atoms with Crippen molar-refractivity contribution in [2.24, 2.45) is 13.0 Å². The molecule has 1 aliphatic carbocycles. The summed E-state index contributed by atoms with van der Waals surface area (Å²) in [4.78, 5) is 2.53. The smallest absolute Gasteiger partial charge is 0.0534 e. The number of nitrogens with zero attached hydrogens (tertiary/aromatic N) is 3. The molecule has 2 rings (SSSR count). The number of hydrogen-bond acceptors (Lipinski definition) is 3. The van der Waals surface area contributed by atoms with Gasteiger partial charge in [-0.05, 0) is 45.2 Å². The van der Waals surface area contributed by atoms with Crippen LogP contribution in [0.15, 0.2) is 12.4 Å². The van der Waals surface area contributed by atoms with Gasteiger partial charge in [0.25, 0.3) is 0 Å². The van der Waals surface area contributed by atoms with Gasteiger partial charge in [-0.2, -0.15) is 5.10 Å². The molecule has 0 saturated heterocycles. The molecule has 0 amide bonds. The van der Waals surface area contributed by atoms with E-state index in [2.05, 4.69) is 42.4 Å². The zero-order chi connectivity index (χ0) is 15.2. The van der Waals surface area contributed by atoms with Gasteiger partial charge >= 0.3 is 0 Å². The zero-order valence-corrected chi connectivity index (χ0v) is 14.2. The molecule has 1 aliphatic rings. The molecule has 1 saturated carbocycles. The maximum Gasteiger partial charge on any atom is 0.0534 e. The number of nitrogens with one attached hydrogen (secondary N) is 1. The van der Waals surface area contributed by atoms with E-state index in [-0.39, 0.29) is 0 Å². The van der Waals surface area contributed by atoms with E-state index in [1.165, 1.54) is 37.7 Å². The van der Waals surface area contributed by atoms with Crippen LogP contribution in [-0.4, -0.2) is 40.4 Å². The molecule has 0 bridgehead atoms. The van der Waals surface area contributed by atoms with Crippen LogP contribution in [-0.2, 0) is 13.6 Å². The van der Waals surface area contributed by atoms with E-state index in [1.54, 1.807) is 0 Å². The first-order chi connectivity index (χ1) is 10.1. The third-order valence-corrected chi connectivity index (χ3v) is 4.92. The summed E-state index contributed by atoms with van der Waals surface area (Å²) in [5.41, 5.74) is 1.31. The summed E-state index contributed by atoms with van der Waals surface area (Å²) in [6, 6.07) is 1.30. The van der Waals surface area contributed by atoms with Crippen molar-refractivity contribution >= 4 is 0 Å². The van der Waals surface area contributed by atoms with Gasteiger partial charge in [0.1, 0.15) is 0 Å². The lowest BCUT2D eigenvalue weighted by Crippen LogP contribution is -2.51. The Balaban J connectivity index is 1.99. The molecular formula is C17H32N4. The fourth-order valence-corrected chi connectivity index (χ4v) is 3.62. The summed E-state index contributed by atoms with van der Waals surface area (Å²) in [7, 11) is 4.26. The van der Waals surface area contributed by atoms with Gasteiger partial charge in [0, 0.05) is 37.4 Å². The Hall–Kier alpha value is -0.870. The highest BCUT2D eigenvalue weighted by molar-refractivity contribution is 5.04. The Labute approximate surface area is 129 Å². The number of likely N-dealkylation sites (N-methyl/N-ethyl adjacent to an activating group) is 1. The van der Waals surface area contributed by atoms with Crippen molar-refractivity contribution in [3.8, 4) is 0 Å². The Bertz CT molecular complexity index is 415. The summed E-state index contributed by atoms with van der Waals surface area (Å²) in [6.07, 6.45) is 10.7. The van der Waals surface area contributed by atoms with Crippen LogP contribution in [0, 0.1) is 5.92 Å². The molecule has 4 heteroatoms. The van der Waals surface area contributed by atoms with E-state index in [0.717, 1.165) is 19.0 Å². The minimum absolute atomic E-state index is 0.648. The van der Waals surface area contributed by atoms with Crippen molar-refractivity contribution in [1.29, 1.82) is 0 Å². The lowest BCUT2D eigenvalue weighted by atomic mass is 9.80. The minimum atomic E-state index is 0.648. The van der Waals surface area contributed by atoms with Crippen molar-refractivity contribution < 1.29 is 0 Å². The Kier molecular flexibility index (Phi) is 6.24. The normalized spacial score (nSPS) is 26.4. The fourth-order valence-electron chi connectivity index (χ4n) is 3.62. The Morgan fingerprint density at radius 2 is 2.19 bits per heavy atom. The van der Waals surface area contributed by atoms with Crippen molar-refractivity contribution in [2.45, 2.75) is 64.6 Å². The second-order valence-electron chi connectivity index (χ2n) is 6.65. The highest BCUT2D eigenvalue weighted by atomic mass is 15.2. The maximum absolute atomic E-state index is 4.29. The maximum atomic E-state index is 4.29. The van der Waals surface area contributed by atoms with E-state index in [4.69, 9.17) is 0 Å². The topological polar surface area (TPSA) is 33.1 Å². The fraction of sp³-hybridized carbons (Fsp3) is 0.824. The first kappa shape index (κ1) is 16.5. The summed E-state index contributed by atoms with van der Waals surface area (Å²) >= 11 is 0. The second kappa shape index (κ2) is 7.95. The molecule has 0 aromatic carbocycles. The molecule has 120 valence electrons. The van der Waals surface area contributed by atoms with Crippen molar-refractivity contribution in [1.82, 2.24) is 20.0 Å². The van der Waals surface area contributed by atoms with Crippen molar-refractivity contribution in [3.63, 3.8) is 0 Å². The van der Waals surface area contributed by atoms with Crippen molar-refractivity contribution in [3.05, 3.63) is 18.0 Å². The van der Waals surface area contributed by atoms with Gasteiger partial charge in [-0.1, -0.05) is 20.3 Å². The first-order valence-electron chi connectivity index (χ1n) is 8.55. The van der Waals surface area contributed by atoms with Crippen LogP contribution in [0.3, 0.4) is 0 Å². The van der Waals surface area contributed by atoms with Gasteiger partial charge in [-0.25, -0.2) is 0 Å². The third kappa shape index (κ3) is 4.55. The van der Waals surface area contributed by atoms with E-state index in [9.17, 15) is 0 Å². The summed E-state index contributed by atoms with van der Waals surface area (Å²) in [5, 5.41) is 8.06. The molecule has 1 fully saturated rings.